The number of morpholine rings is 1. The van der Waals surface area contributed by atoms with E-state index in [1.807, 2.05) is 18.2 Å². The lowest BCUT2D eigenvalue weighted by atomic mass is 10.1. The van der Waals surface area contributed by atoms with Crippen molar-refractivity contribution in [2.24, 2.45) is 5.73 Å². The van der Waals surface area contributed by atoms with E-state index >= 15 is 0 Å². The minimum absolute atomic E-state index is 0.0371. The first kappa shape index (κ1) is 14.6. The maximum atomic E-state index is 12.4. The van der Waals surface area contributed by atoms with Gasteiger partial charge in [-0.25, -0.2) is 0 Å². The van der Waals surface area contributed by atoms with Crippen molar-refractivity contribution in [3.63, 3.8) is 0 Å². The van der Waals surface area contributed by atoms with E-state index in [1.165, 1.54) is 0 Å². The summed E-state index contributed by atoms with van der Waals surface area (Å²) < 4.78 is 5.49. The van der Waals surface area contributed by atoms with Crippen LogP contribution >= 0.6 is 11.6 Å². The lowest BCUT2D eigenvalue weighted by Gasteiger charge is -2.37. The van der Waals surface area contributed by atoms with Crippen LogP contribution in [0, 0.1) is 0 Å². The molecule has 3 N–H and O–H groups in total. The van der Waals surface area contributed by atoms with Gasteiger partial charge in [0, 0.05) is 29.8 Å². The summed E-state index contributed by atoms with van der Waals surface area (Å²) in [6.07, 6.45) is 2.16. The van der Waals surface area contributed by atoms with Crippen molar-refractivity contribution in [2.45, 2.75) is 31.5 Å². The molecule has 2 aliphatic rings. The number of anilines is 1. The van der Waals surface area contributed by atoms with Crippen LogP contribution in [0.1, 0.15) is 18.4 Å². The van der Waals surface area contributed by atoms with Gasteiger partial charge in [0.05, 0.1) is 13.2 Å². The second-order valence-corrected chi connectivity index (χ2v) is 5.98. The van der Waals surface area contributed by atoms with E-state index in [0.717, 1.165) is 24.1 Å². The van der Waals surface area contributed by atoms with Gasteiger partial charge in [-0.05, 0) is 36.6 Å². The van der Waals surface area contributed by atoms with Gasteiger partial charge in [0.25, 0.3) is 0 Å². The number of amides is 1. The Morgan fingerprint density at radius 3 is 3.00 bits per heavy atom. The Morgan fingerprint density at radius 1 is 1.48 bits per heavy atom. The molecule has 1 aromatic rings. The first-order valence-electron chi connectivity index (χ1n) is 7.32. The number of ether oxygens (including phenoxy) is 1. The summed E-state index contributed by atoms with van der Waals surface area (Å²) >= 11 is 6.03. The zero-order valence-electron chi connectivity index (χ0n) is 11.8. The molecule has 1 aliphatic heterocycles. The number of hydrogen-bond donors (Lipinski definition) is 2. The molecule has 1 heterocycles. The van der Waals surface area contributed by atoms with Gasteiger partial charge in [-0.1, -0.05) is 11.6 Å². The Kier molecular flexibility index (Phi) is 4.33. The van der Waals surface area contributed by atoms with Gasteiger partial charge >= 0.3 is 0 Å². The molecular weight excluding hydrogens is 290 g/mol. The van der Waals surface area contributed by atoms with Crippen molar-refractivity contribution in [3.8, 4) is 0 Å². The molecule has 1 aromatic carbocycles. The lowest BCUT2D eigenvalue weighted by Crippen LogP contribution is -2.54. The summed E-state index contributed by atoms with van der Waals surface area (Å²) in [6.45, 7) is 2.09. The van der Waals surface area contributed by atoms with Crippen LogP contribution in [-0.4, -0.2) is 37.7 Å². The lowest BCUT2D eigenvalue weighted by molar-refractivity contribution is -0.124. The van der Waals surface area contributed by atoms with Crippen molar-refractivity contribution in [1.82, 2.24) is 5.32 Å². The van der Waals surface area contributed by atoms with Crippen molar-refractivity contribution in [1.29, 1.82) is 0 Å². The average Bonchev–Trinajstić information content (AvgIpc) is 3.31. The van der Waals surface area contributed by atoms with E-state index in [0.29, 0.717) is 37.4 Å². The van der Waals surface area contributed by atoms with E-state index in [9.17, 15) is 4.79 Å². The Hall–Kier alpha value is -1.30. The van der Waals surface area contributed by atoms with Crippen LogP contribution < -0.4 is 16.0 Å². The van der Waals surface area contributed by atoms with Crippen molar-refractivity contribution < 1.29 is 9.53 Å². The van der Waals surface area contributed by atoms with E-state index in [2.05, 4.69) is 10.2 Å². The zero-order valence-corrected chi connectivity index (χ0v) is 12.6. The van der Waals surface area contributed by atoms with E-state index in [-0.39, 0.29) is 11.9 Å². The number of nitrogens with two attached hydrogens (primary N) is 1. The van der Waals surface area contributed by atoms with Gasteiger partial charge < -0.3 is 20.7 Å². The van der Waals surface area contributed by atoms with Crippen LogP contribution in [0.4, 0.5) is 5.69 Å². The molecular formula is C15H20ClN3O2. The quantitative estimate of drug-likeness (QED) is 0.879. The van der Waals surface area contributed by atoms with Gasteiger partial charge in [-0.15, -0.1) is 0 Å². The predicted octanol–water partition coefficient (Wildman–Crippen LogP) is 1.28. The van der Waals surface area contributed by atoms with Crippen molar-refractivity contribution in [3.05, 3.63) is 28.8 Å². The topological polar surface area (TPSA) is 67.6 Å². The molecule has 0 radical (unpaired) electrons. The number of benzene rings is 1. The summed E-state index contributed by atoms with van der Waals surface area (Å²) in [5.41, 5.74) is 7.75. The normalized spacial score (nSPS) is 22.2. The minimum Gasteiger partial charge on any atom is -0.377 e. The molecule has 1 unspecified atom stereocenters. The van der Waals surface area contributed by atoms with Crippen LogP contribution in [0.15, 0.2) is 18.2 Å². The molecule has 1 atom stereocenters. The summed E-state index contributed by atoms with van der Waals surface area (Å²) in [4.78, 5) is 14.5. The maximum absolute atomic E-state index is 12.4. The third kappa shape index (κ3) is 3.31. The number of hydrogen-bond acceptors (Lipinski definition) is 4. The number of nitrogens with one attached hydrogen (secondary N) is 1. The fourth-order valence-electron chi connectivity index (χ4n) is 2.63. The molecule has 114 valence electrons. The third-order valence-electron chi connectivity index (χ3n) is 3.93. The van der Waals surface area contributed by atoms with E-state index in [4.69, 9.17) is 22.1 Å². The molecule has 1 saturated carbocycles. The number of carbonyl (C=O) groups excluding carboxylic acids is 1. The van der Waals surface area contributed by atoms with Crippen LogP contribution in [0.2, 0.25) is 5.02 Å². The highest BCUT2D eigenvalue weighted by Crippen LogP contribution is 2.28. The van der Waals surface area contributed by atoms with Crippen LogP contribution in [0.5, 0.6) is 0 Å². The highest BCUT2D eigenvalue weighted by atomic mass is 35.5. The largest absolute Gasteiger partial charge is 0.377 e. The SMILES string of the molecule is NCc1cc(Cl)ccc1N1CCOCC1C(=O)NC1CC1. The number of nitrogens with zero attached hydrogens (tertiary/aromatic N) is 1. The van der Waals surface area contributed by atoms with Crippen molar-refractivity contribution >= 4 is 23.2 Å². The molecule has 1 aliphatic carbocycles. The Morgan fingerprint density at radius 2 is 2.29 bits per heavy atom. The van der Waals surface area contributed by atoms with E-state index < -0.39 is 0 Å². The Balaban J connectivity index is 1.84. The molecule has 0 bridgehead atoms. The maximum Gasteiger partial charge on any atom is 0.245 e. The van der Waals surface area contributed by atoms with E-state index in [1.54, 1.807) is 0 Å². The van der Waals surface area contributed by atoms with Crippen LogP contribution in [0.25, 0.3) is 0 Å². The number of carbonyl (C=O) groups is 1. The zero-order chi connectivity index (χ0) is 14.8. The summed E-state index contributed by atoms with van der Waals surface area (Å²) in [5, 5.41) is 3.71. The van der Waals surface area contributed by atoms with Gasteiger partial charge in [-0.3, -0.25) is 4.79 Å². The average molecular weight is 310 g/mol. The van der Waals surface area contributed by atoms with Crippen molar-refractivity contribution in [2.75, 3.05) is 24.7 Å². The Labute approximate surface area is 129 Å². The fraction of sp³-hybridized carbons (Fsp3) is 0.533. The van der Waals surface area contributed by atoms with Gasteiger partial charge in [0.15, 0.2) is 0 Å². The predicted molar refractivity (Wildman–Crippen MR) is 82.5 cm³/mol. The molecule has 1 amide bonds. The summed E-state index contributed by atoms with van der Waals surface area (Å²) in [7, 11) is 0. The van der Waals surface area contributed by atoms with Crippen LogP contribution in [-0.2, 0) is 16.1 Å². The molecule has 0 spiro atoms. The fourth-order valence-corrected chi connectivity index (χ4v) is 2.83. The molecule has 5 nitrogen and oxygen atoms in total. The second-order valence-electron chi connectivity index (χ2n) is 5.54. The molecule has 21 heavy (non-hydrogen) atoms. The second kappa shape index (κ2) is 6.22. The number of halogens is 1. The van der Waals surface area contributed by atoms with Gasteiger partial charge in [0.1, 0.15) is 6.04 Å². The molecule has 0 aromatic heterocycles. The standard InChI is InChI=1S/C15H20ClN3O2/c16-11-1-4-13(10(7-11)8-17)19-5-6-21-9-14(19)15(20)18-12-2-3-12/h1,4,7,12,14H,2-3,5-6,8-9,17H2,(H,18,20). The minimum atomic E-state index is -0.300. The monoisotopic (exact) mass is 309 g/mol. The first-order chi connectivity index (χ1) is 10.2. The summed E-state index contributed by atoms with van der Waals surface area (Å²) in [5.74, 6) is 0.0371. The van der Waals surface area contributed by atoms with Crippen LogP contribution in [0.3, 0.4) is 0 Å². The molecule has 2 fully saturated rings. The molecule has 6 heteroatoms. The molecule has 1 saturated heterocycles. The first-order valence-corrected chi connectivity index (χ1v) is 7.70. The number of rotatable bonds is 4. The molecule has 3 rings (SSSR count). The smallest absolute Gasteiger partial charge is 0.245 e. The third-order valence-corrected chi connectivity index (χ3v) is 4.16. The Bertz CT molecular complexity index is 534. The highest BCUT2D eigenvalue weighted by molar-refractivity contribution is 6.30. The van der Waals surface area contributed by atoms with Gasteiger partial charge in [0.2, 0.25) is 5.91 Å². The highest BCUT2D eigenvalue weighted by Gasteiger charge is 2.33. The van der Waals surface area contributed by atoms with Gasteiger partial charge in [-0.2, -0.15) is 0 Å². The summed E-state index contributed by atoms with van der Waals surface area (Å²) in [6, 6.07) is 5.68.